The summed E-state index contributed by atoms with van der Waals surface area (Å²) in [7, 11) is 0. The molecule has 1 aromatic rings. The molecule has 0 radical (unpaired) electrons. The Bertz CT molecular complexity index is 324. The minimum atomic E-state index is 0.157. The fourth-order valence-corrected chi connectivity index (χ4v) is 1.68. The molecule has 0 saturated carbocycles. The Hall–Kier alpha value is -1.00. The van der Waals surface area contributed by atoms with Crippen molar-refractivity contribution in [2.45, 2.75) is 40.2 Å². The van der Waals surface area contributed by atoms with Crippen LogP contribution < -0.4 is 11.3 Å². The third-order valence-corrected chi connectivity index (χ3v) is 2.87. The molecule has 4 nitrogen and oxygen atoms in total. The minimum absolute atomic E-state index is 0.157. The average Bonchev–Trinajstić information content (AvgIpc) is 2.23. The first-order valence-electron chi connectivity index (χ1n) is 5.37. The number of aromatic nitrogens is 2. The van der Waals surface area contributed by atoms with Gasteiger partial charge in [0.05, 0.1) is 17.4 Å². The molecule has 2 unspecified atom stereocenters. The Morgan fingerprint density at radius 2 is 2.07 bits per heavy atom. The normalized spacial score (nSPS) is 15.0. The summed E-state index contributed by atoms with van der Waals surface area (Å²) < 4.78 is 0. The van der Waals surface area contributed by atoms with Crippen LogP contribution in [0.3, 0.4) is 0 Å². The van der Waals surface area contributed by atoms with Crippen molar-refractivity contribution in [1.82, 2.24) is 15.6 Å². The van der Waals surface area contributed by atoms with E-state index >= 15 is 0 Å². The monoisotopic (exact) mass is 208 g/mol. The Labute approximate surface area is 91.3 Å². The van der Waals surface area contributed by atoms with Gasteiger partial charge < -0.3 is 0 Å². The van der Waals surface area contributed by atoms with Crippen molar-refractivity contribution >= 4 is 0 Å². The fourth-order valence-electron chi connectivity index (χ4n) is 1.68. The lowest BCUT2D eigenvalue weighted by atomic mass is 9.92. The van der Waals surface area contributed by atoms with E-state index in [2.05, 4.69) is 35.5 Å². The number of nitrogens with zero attached hydrogens (tertiary/aromatic N) is 2. The van der Waals surface area contributed by atoms with Gasteiger partial charge in [-0.2, -0.15) is 10.2 Å². The molecule has 15 heavy (non-hydrogen) atoms. The predicted molar refractivity (Wildman–Crippen MR) is 61.0 cm³/mol. The molecule has 3 N–H and O–H groups in total. The van der Waals surface area contributed by atoms with Gasteiger partial charge in [0.2, 0.25) is 0 Å². The fraction of sp³-hybridized carbons (Fsp3) is 0.636. The van der Waals surface area contributed by atoms with Crippen LogP contribution in [0.4, 0.5) is 0 Å². The molecule has 0 fully saturated rings. The summed E-state index contributed by atoms with van der Waals surface area (Å²) in [5.74, 6) is 6.09. The molecule has 0 aliphatic carbocycles. The van der Waals surface area contributed by atoms with Crippen LogP contribution in [-0.4, -0.2) is 10.2 Å². The number of hydrazine groups is 1. The minimum Gasteiger partial charge on any atom is -0.271 e. The zero-order chi connectivity index (χ0) is 11.4. The lowest BCUT2D eigenvalue weighted by molar-refractivity contribution is 0.380. The van der Waals surface area contributed by atoms with Crippen LogP contribution in [-0.2, 0) is 0 Å². The number of aryl methyl sites for hydroxylation is 2. The standard InChI is InChI=1S/C11H20N4/c1-5-7(2)11(13-12)10-6-8(3)14-15-9(10)4/h6-7,11,13H,5,12H2,1-4H3. The van der Waals surface area contributed by atoms with Crippen LogP contribution in [0.2, 0.25) is 0 Å². The van der Waals surface area contributed by atoms with Crippen molar-refractivity contribution in [3.8, 4) is 0 Å². The predicted octanol–water partition coefficient (Wildman–Crippen LogP) is 1.64. The zero-order valence-corrected chi connectivity index (χ0v) is 9.91. The third-order valence-electron chi connectivity index (χ3n) is 2.87. The molecule has 0 amide bonds. The van der Waals surface area contributed by atoms with Crippen molar-refractivity contribution in [3.05, 3.63) is 23.0 Å². The molecule has 0 aliphatic heterocycles. The van der Waals surface area contributed by atoms with Gasteiger partial charge in [-0.25, -0.2) is 0 Å². The lowest BCUT2D eigenvalue weighted by Crippen LogP contribution is -2.33. The van der Waals surface area contributed by atoms with Crippen LogP contribution >= 0.6 is 0 Å². The van der Waals surface area contributed by atoms with Crippen LogP contribution in [0.15, 0.2) is 6.07 Å². The van der Waals surface area contributed by atoms with E-state index in [1.54, 1.807) is 0 Å². The van der Waals surface area contributed by atoms with Crippen LogP contribution in [0.1, 0.15) is 43.3 Å². The number of hydrogen-bond acceptors (Lipinski definition) is 4. The molecule has 0 saturated heterocycles. The van der Waals surface area contributed by atoms with E-state index in [0.29, 0.717) is 5.92 Å². The molecule has 0 spiro atoms. The molecule has 1 heterocycles. The van der Waals surface area contributed by atoms with Crippen molar-refractivity contribution in [1.29, 1.82) is 0 Å². The number of hydrogen-bond donors (Lipinski definition) is 2. The van der Waals surface area contributed by atoms with Gasteiger partial charge in [-0.05, 0) is 31.4 Å². The van der Waals surface area contributed by atoms with Crippen LogP contribution in [0.25, 0.3) is 0 Å². The second-order valence-corrected chi connectivity index (χ2v) is 4.06. The molecule has 0 bridgehead atoms. The Balaban J connectivity index is 3.05. The van der Waals surface area contributed by atoms with Gasteiger partial charge in [0.1, 0.15) is 0 Å². The summed E-state index contributed by atoms with van der Waals surface area (Å²) in [6, 6.07) is 2.21. The quantitative estimate of drug-likeness (QED) is 0.583. The second-order valence-electron chi connectivity index (χ2n) is 4.06. The first-order chi connectivity index (χ1) is 7.10. The summed E-state index contributed by atoms with van der Waals surface area (Å²) in [6.45, 7) is 8.25. The van der Waals surface area contributed by atoms with E-state index in [1.807, 2.05) is 13.8 Å². The second kappa shape index (κ2) is 5.19. The molecule has 1 aromatic heterocycles. The highest BCUT2D eigenvalue weighted by Crippen LogP contribution is 2.25. The van der Waals surface area contributed by atoms with E-state index in [1.165, 1.54) is 0 Å². The van der Waals surface area contributed by atoms with Gasteiger partial charge >= 0.3 is 0 Å². The molecule has 0 aliphatic rings. The van der Waals surface area contributed by atoms with E-state index in [4.69, 9.17) is 5.84 Å². The summed E-state index contributed by atoms with van der Waals surface area (Å²) in [5.41, 5.74) is 5.90. The summed E-state index contributed by atoms with van der Waals surface area (Å²) in [5, 5.41) is 8.14. The van der Waals surface area contributed by atoms with Gasteiger partial charge in [-0.15, -0.1) is 0 Å². The third kappa shape index (κ3) is 2.73. The summed E-state index contributed by atoms with van der Waals surface area (Å²) >= 11 is 0. The first kappa shape index (κ1) is 12.1. The number of rotatable bonds is 4. The van der Waals surface area contributed by atoms with Gasteiger partial charge in [0.25, 0.3) is 0 Å². The van der Waals surface area contributed by atoms with Crippen LogP contribution in [0, 0.1) is 19.8 Å². The van der Waals surface area contributed by atoms with E-state index in [0.717, 1.165) is 23.4 Å². The van der Waals surface area contributed by atoms with Crippen LogP contribution in [0.5, 0.6) is 0 Å². The van der Waals surface area contributed by atoms with E-state index in [-0.39, 0.29) is 6.04 Å². The molecule has 84 valence electrons. The number of nitrogens with two attached hydrogens (primary N) is 1. The largest absolute Gasteiger partial charge is 0.271 e. The molecule has 0 aromatic carbocycles. The lowest BCUT2D eigenvalue weighted by Gasteiger charge is -2.23. The zero-order valence-electron chi connectivity index (χ0n) is 9.91. The first-order valence-corrected chi connectivity index (χ1v) is 5.37. The van der Waals surface area contributed by atoms with E-state index in [9.17, 15) is 0 Å². The molecule has 2 atom stereocenters. The Morgan fingerprint density at radius 1 is 1.40 bits per heavy atom. The topological polar surface area (TPSA) is 63.8 Å². The highest BCUT2D eigenvalue weighted by molar-refractivity contribution is 5.24. The van der Waals surface area contributed by atoms with Crippen molar-refractivity contribution in [3.63, 3.8) is 0 Å². The van der Waals surface area contributed by atoms with Crippen molar-refractivity contribution < 1.29 is 0 Å². The SMILES string of the molecule is CCC(C)C(NN)c1cc(C)nnc1C. The van der Waals surface area contributed by atoms with Gasteiger partial charge in [0, 0.05) is 0 Å². The number of nitrogens with one attached hydrogen (secondary N) is 1. The summed E-state index contributed by atoms with van der Waals surface area (Å²) in [6.07, 6.45) is 1.08. The highest BCUT2D eigenvalue weighted by atomic mass is 15.2. The maximum atomic E-state index is 5.60. The van der Waals surface area contributed by atoms with Gasteiger partial charge in [0.15, 0.2) is 0 Å². The summed E-state index contributed by atoms with van der Waals surface area (Å²) in [4.78, 5) is 0. The molecular formula is C11H20N4. The Kier molecular flexibility index (Phi) is 4.17. The molecule has 1 rings (SSSR count). The highest BCUT2D eigenvalue weighted by Gasteiger charge is 2.19. The van der Waals surface area contributed by atoms with Gasteiger partial charge in [-0.3, -0.25) is 11.3 Å². The smallest absolute Gasteiger partial charge is 0.0648 e. The Morgan fingerprint density at radius 3 is 2.60 bits per heavy atom. The van der Waals surface area contributed by atoms with E-state index < -0.39 is 0 Å². The van der Waals surface area contributed by atoms with Crippen molar-refractivity contribution in [2.24, 2.45) is 11.8 Å². The van der Waals surface area contributed by atoms with Crippen molar-refractivity contribution in [2.75, 3.05) is 0 Å². The molecule has 4 heteroatoms. The average molecular weight is 208 g/mol. The molecular weight excluding hydrogens is 188 g/mol. The maximum absolute atomic E-state index is 5.60. The maximum Gasteiger partial charge on any atom is 0.0648 e. The van der Waals surface area contributed by atoms with Gasteiger partial charge in [-0.1, -0.05) is 20.3 Å².